The van der Waals surface area contributed by atoms with E-state index in [1.165, 1.54) is 0 Å². The monoisotopic (exact) mass is 420 g/mol. The number of carbonyl (C=O) groups is 3. The Hall–Kier alpha value is -1.67. The minimum atomic E-state index is -0.913. The number of hydrogen-bond acceptors (Lipinski definition) is 9. The van der Waals surface area contributed by atoms with Crippen LogP contribution >= 0.6 is 23.5 Å². The number of nitrogens with two attached hydrogens (primary N) is 1. The summed E-state index contributed by atoms with van der Waals surface area (Å²) in [4.78, 5) is 47.8. The predicted octanol–water partition coefficient (Wildman–Crippen LogP) is -1.97. The molecule has 12 nitrogen and oxygen atoms in total. The largest absolute Gasteiger partial charge is 0.480 e. The Morgan fingerprint density at radius 3 is 2.00 bits per heavy atom. The van der Waals surface area contributed by atoms with E-state index in [0.29, 0.717) is 12.8 Å². The number of thioether (sulfide) groups is 2. The molecular weight excluding hydrogens is 392 g/mol. The third-order valence-corrected chi connectivity index (χ3v) is 3.71. The zero-order chi connectivity index (χ0) is 18.3. The van der Waals surface area contributed by atoms with Gasteiger partial charge in [-0.2, -0.15) is 33.1 Å². The van der Waals surface area contributed by atoms with Crippen LogP contribution in [0.25, 0.3) is 0 Å². The first-order valence-corrected chi connectivity index (χ1v) is 9.19. The Morgan fingerprint density at radius 1 is 1.23 bits per heavy atom. The van der Waals surface area contributed by atoms with Gasteiger partial charge in [-0.25, -0.2) is 4.79 Å². The summed E-state index contributed by atoms with van der Waals surface area (Å²) in [5.74, 6) is 0.583. The Labute approximate surface area is 159 Å². The van der Waals surface area contributed by atoms with E-state index in [1.807, 2.05) is 12.5 Å². The highest BCUT2D eigenvalue weighted by Crippen LogP contribution is 2.03. The first-order chi connectivity index (χ1) is 10.8. The molecule has 12 N–H and O–H groups in total. The van der Waals surface area contributed by atoms with Crippen molar-refractivity contribution in [2.24, 2.45) is 5.73 Å². The van der Waals surface area contributed by atoms with Crippen molar-refractivity contribution in [3.05, 3.63) is 0 Å². The van der Waals surface area contributed by atoms with Gasteiger partial charge < -0.3 is 33.3 Å². The lowest BCUT2D eigenvalue weighted by molar-refractivity contribution is -0.191. The van der Waals surface area contributed by atoms with Gasteiger partial charge in [-0.1, -0.05) is 0 Å². The molecule has 1 saturated heterocycles. The van der Waals surface area contributed by atoms with Crippen LogP contribution < -0.4 is 22.5 Å². The molecule has 0 aliphatic carbocycles. The van der Waals surface area contributed by atoms with E-state index in [-0.39, 0.29) is 41.2 Å². The van der Waals surface area contributed by atoms with Gasteiger partial charge >= 0.3 is 18.2 Å². The minimum absolute atomic E-state index is 0. The minimum Gasteiger partial charge on any atom is -0.480 e. The molecule has 0 saturated carbocycles. The van der Waals surface area contributed by atoms with Crippen LogP contribution in [0.15, 0.2) is 0 Å². The van der Waals surface area contributed by atoms with E-state index >= 15 is 0 Å². The van der Waals surface area contributed by atoms with Crippen molar-refractivity contribution < 1.29 is 40.0 Å². The van der Waals surface area contributed by atoms with Gasteiger partial charge in [-0.15, -0.1) is 0 Å². The van der Waals surface area contributed by atoms with E-state index < -0.39 is 12.0 Å². The highest BCUT2D eigenvalue weighted by molar-refractivity contribution is 7.98. The Balaban J connectivity index is -0.0000000904. The van der Waals surface area contributed by atoms with Crippen LogP contribution in [-0.2, 0) is 19.2 Å². The van der Waals surface area contributed by atoms with Gasteiger partial charge in [0.1, 0.15) is 12.1 Å². The molecule has 1 aliphatic heterocycles. The molecule has 1 heterocycles. The van der Waals surface area contributed by atoms with Crippen molar-refractivity contribution in [3.63, 3.8) is 0 Å². The van der Waals surface area contributed by atoms with Crippen molar-refractivity contribution in [1.82, 2.24) is 16.8 Å². The number of aliphatic carboxylic acids is 1. The van der Waals surface area contributed by atoms with Gasteiger partial charge in [0.2, 0.25) is 0 Å². The van der Waals surface area contributed by atoms with Crippen molar-refractivity contribution >= 4 is 47.6 Å². The number of carboxylic acid groups (broad SMARTS) is 1. The average molecular weight is 421 g/mol. The normalized spacial score (nSPS) is 14.7. The Kier molecular flexibility index (Phi) is 31.8. The highest BCUT2D eigenvalue weighted by atomic mass is 32.2. The quantitative estimate of drug-likeness (QED) is 0.284. The second kappa shape index (κ2) is 23.3. The molecule has 1 fully saturated rings. The molecule has 2 unspecified atom stereocenters. The predicted molar refractivity (Wildman–Crippen MR) is 99.3 cm³/mol. The highest BCUT2D eigenvalue weighted by Gasteiger charge is 2.28. The van der Waals surface area contributed by atoms with Crippen molar-refractivity contribution in [2.45, 2.75) is 24.9 Å². The van der Waals surface area contributed by atoms with Gasteiger partial charge in [0.05, 0.1) is 0 Å². The molecule has 0 aromatic carbocycles. The van der Waals surface area contributed by atoms with Gasteiger partial charge in [-0.3, -0.25) is 14.9 Å². The summed E-state index contributed by atoms with van der Waals surface area (Å²) in [6.07, 6.45) is 5.40. The molecule has 1 aliphatic rings. The van der Waals surface area contributed by atoms with Crippen LogP contribution in [0.4, 0.5) is 4.79 Å². The van der Waals surface area contributed by atoms with Gasteiger partial charge in [0, 0.05) is 0 Å². The van der Waals surface area contributed by atoms with E-state index in [9.17, 15) is 14.4 Å². The zero-order valence-electron chi connectivity index (χ0n) is 14.6. The maximum Gasteiger partial charge on any atom is 0.373 e. The first-order valence-electron chi connectivity index (χ1n) is 6.40. The maximum atomic E-state index is 10.9. The number of rotatable bonds is 7. The summed E-state index contributed by atoms with van der Waals surface area (Å²) in [6.45, 7) is 0. The van der Waals surface area contributed by atoms with Crippen LogP contribution in [0.5, 0.6) is 0 Å². The van der Waals surface area contributed by atoms with Crippen LogP contribution in [-0.4, -0.2) is 76.2 Å². The fraction of sp³-hybridized carbons (Fsp3) is 0.667. The van der Waals surface area contributed by atoms with E-state index in [0.717, 1.165) is 11.5 Å². The van der Waals surface area contributed by atoms with Crippen LogP contribution in [0.2, 0.25) is 0 Å². The molecule has 156 valence electrons. The molecule has 0 spiro atoms. The smallest absolute Gasteiger partial charge is 0.373 e. The van der Waals surface area contributed by atoms with Gasteiger partial charge in [-0.05, 0) is 36.9 Å². The lowest BCUT2D eigenvalue weighted by atomic mass is 10.2. The molecule has 3 amide bonds. The molecule has 0 aromatic rings. The lowest BCUT2D eigenvalue weighted by Crippen LogP contribution is -2.30. The number of carboxylic acids is 1. The molecule has 0 aromatic heterocycles. The third-order valence-electron chi connectivity index (χ3n) is 2.42. The fourth-order valence-corrected chi connectivity index (χ4v) is 2.23. The van der Waals surface area contributed by atoms with Crippen molar-refractivity contribution in [1.29, 1.82) is 0 Å². The molecule has 26 heavy (non-hydrogen) atoms. The molecule has 2 atom stereocenters. The van der Waals surface area contributed by atoms with Crippen molar-refractivity contribution in [3.8, 4) is 0 Å². The lowest BCUT2D eigenvalue weighted by Gasteiger charge is -2.03. The summed E-state index contributed by atoms with van der Waals surface area (Å²) < 4.78 is 0. The van der Waals surface area contributed by atoms with Crippen LogP contribution in [0.1, 0.15) is 12.8 Å². The molecule has 0 bridgehead atoms. The maximum absolute atomic E-state index is 10.9. The zero-order valence-corrected chi connectivity index (χ0v) is 16.2. The topological polar surface area (TPSA) is 254 Å². The fourth-order valence-electron chi connectivity index (χ4n) is 1.27. The van der Waals surface area contributed by atoms with Crippen molar-refractivity contribution in [2.75, 3.05) is 24.0 Å². The first kappa shape index (κ1) is 35.4. The Morgan fingerprint density at radius 2 is 1.69 bits per heavy atom. The number of hydrogen-bond donors (Lipinski definition) is 5. The number of carbonyl (C=O) groups excluding carboxylic acids is 4. The summed E-state index contributed by atoms with van der Waals surface area (Å²) in [7, 11) is 0. The van der Waals surface area contributed by atoms with E-state index in [4.69, 9.17) is 20.4 Å². The van der Waals surface area contributed by atoms with Crippen LogP contribution in [0.3, 0.4) is 0 Å². The molecule has 14 heteroatoms. The summed E-state index contributed by atoms with van der Waals surface area (Å²) >= 11 is 3.26. The number of urea groups is 1. The second-order valence-electron chi connectivity index (χ2n) is 4.11. The van der Waals surface area contributed by atoms with Gasteiger partial charge in [0.25, 0.3) is 5.91 Å². The SMILES string of the molecule is CSCCC(N)C(=O)O.CSCCC1NC(=O)NC1=O.N.O.O.O=C=O. The van der Waals surface area contributed by atoms with E-state index in [2.05, 4.69) is 10.6 Å². The van der Waals surface area contributed by atoms with Gasteiger partial charge in [0.15, 0.2) is 0 Å². The third kappa shape index (κ3) is 20.4. The van der Waals surface area contributed by atoms with E-state index in [1.54, 1.807) is 23.5 Å². The average Bonchev–Trinajstić information content (AvgIpc) is 2.81. The van der Waals surface area contributed by atoms with Crippen LogP contribution in [0, 0.1) is 0 Å². The summed E-state index contributed by atoms with van der Waals surface area (Å²) in [6, 6.07) is -1.37. The molecule has 0 radical (unpaired) electrons. The molecule has 1 rings (SSSR count). The number of nitrogens with one attached hydrogen (secondary N) is 2. The number of imide groups is 1. The second-order valence-corrected chi connectivity index (χ2v) is 6.08. The summed E-state index contributed by atoms with van der Waals surface area (Å²) in [5.41, 5.74) is 5.19. The molecular formula is C12H28N4O8S2. The number of amides is 3. The summed E-state index contributed by atoms with van der Waals surface area (Å²) in [5, 5.41) is 13.0. The standard InChI is InChI=1S/C6H10N2O2S.C5H11NO2S.CO2.H3N.2H2O/c1-11-3-2-4-5(9)8-6(10)7-4;1-9-3-2-4(6)5(7)8;2-1-3;;;/h4H,2-3H2,1H3,(H2,7,8,9,10);4H,2-3,6H2,1H3,(H,7,8);;1H3;2*1H2. The Bertz CT molecular complexity index is 422.